The van der Waals surface area contributed by atoms with E-state index in [0.29, 0.717) is 0 Å². The molecule has 2 heteroatoms. The third-order valence-corrected chi connectivity index (χ3v) is 4.60. The van der Waals surface area contributed by atoms with Crippen LogP contribution in [-0.4, -0.2) is 38.3 Å². The minimum Gasteiger partial charge on any atom is -0.309 e. The molecule has 0 saturated carbocycles. The Morgan fingerprint density at radius 3 is 2.50 bits per heavy atom. The third kappa shape index (κ3) is 2.84. The fourth-order valence-electron chi connectivity index (χ4n) is 3.49. The topological polar surface area (TPSA) is 15.6 Å². The van der Waals surface area contributed by atoms with E-state index in [-0.39, 0.29) is 5.41 Å². The lowest BCUT2D eigenvalue weighted by molar-refractivity contribution is 0.362. The predicted molar refractivity (Wildman–Crippen MR) is 93.9 cm³/mol. The average molecular weight is 292 g/mol. The van der Waals surface area contributed by atoms with Crippen molar-refractivity contribution in [2.24, 2.45) is 4.99 Å². The van der Waals surface area contributed by atoms with Crippen LogP contribution in [0.3, 0.4) is 0 Å². The number of hydrogen-bond donors (Lipinski definition) is 0. The number of nitrogens with zero attached hydrogens (tertiary/aromatic N) is 2. The zero-order valence-corrected chi connectivity index (χ0v) is 13.5. The first kappa shape index (κ1) is 15.0. The van der Waals surface area contributed by atoms with E-state index >= 15 is 0 Å². The molecule has 1 heterocycles. The standard InChI is InChI=1S/C20H24N2/c1-22(2)14-8-13-20(18-10-4-3-5-11-18)16-21-15-17-9-6-7-12-19(17)20/h3-7,9-12,15H,8,13-14,16H2,1-2H3. The normalized spacial score (nSPS) is 20.1. The molecule has 0 aliphatic carbocycles. The van der Waals surface area contributed by atoms with Crippen molar-refractivity contribution in [1.82, 2.24) is 4.90 Å². The quantitative estimate of drug-likeness (QED) is 0.819. The molecule has 0 spiro atoms. The van der Waals surface area contributed by atoms with Crippen molar-refractivity contribution in [3.63, 3.8) is 0 Å². The first-order chi connectivity index (χ1) is 10.7. The molecule has 1 aliphatic rings. The van der Waals surface area contributed by atoms with E-state index in [1.165, 1.54) is 23.1 Å². The van der Waals surface area contributed by atoms with Gasteiger partial charge >= 0.3 is 0 Å². The summed E-state index contributed by atoms with van der Waals surface area (Å²) in [5.74, 6) is 0. The summed E-state index contributed by atoms with van der Waals surface area (Å²) in [6, 6.07) is 19.6. The van der Waals surface area contributed by atoms with Gasteiger partial charge in [-0.05, 0) is 50.2 Å². The largest absolute Gasteiger partial charge is 0.309 e. The van der Waals surface area contributed by atoms with Gasteiger partial charge in [0.1, 0.15) is 0 Å². The highest BCUT2D eigenvalue weighted by Crippen LogP contribution is 2.40. The number of hydrogen-bond acceptors (Lipinski definition) is 2. The van der Waals surface area contributed by atoms with E-state index < -0.39 is 0 Å². The van der Waals surface area contributed by atoms with E-state index in [1.54, 1.807) is 0 Å². The van der Waals surface area contributed by atoms with Crippen molar-refractivity contribution < 1.29 is 0 Å². The molecule has 0 amide bonds. The molecule has 0 aromatic heterocycles. The second kappa shape index (κ2) is 6.45. The molecule has 1 atom stereocenters. The fourth-order valence-corrected chi connectivity index (χ4v) is 3.49. The number of benzene rings is 2. The summed E-state index contributed by atoms with van der Waals surface area (Å²) in [6.07, 6.45) is 4.33. The van der Waals surface area contributed by atoms with Crippen LogP contribution in [0.15, 0.2) is 59.6 Å². The van der Waals surface area contributed by atoms with E-state index in [0.717, 1.165) is 19.5 Å². The van der Waals surface area contributed by atoms with Crippen LogP contribution in [0.1, 0.15) is 29.5 Å². The lowest BCUT2D eigenvalue weighted by atomic mass is 9.69. The maximum atomic E-state index is 4.71. The van der Waals surface area contributed by atoms with Crippen molar-refractivity contribution in [3.05, 3.63) is 71.3 Å². The zero-order chi connectivity index (χ0) is 15.4. The van der Waals surface area contributed by atoms with Gasteiger partial charge in [-0.2, -0.15) is 0 Å². The minimum absolute atomic E-state index is 0.0165. The van der Waals surface area contributed by atoms with Crippen LogP contribution in [0.5, 0.6) is 0 Å². The van der Waals surface area contributed by atoms with Gasteiger partial charge < -0.3 is 4.90 Å². The summed E-state index contributed by atoms with van der Waals surface area (Å²) in [5, 5.41) is 0. The predicted octanol–water partition coefficient (Wildman–Crippen LogP) is 3.75. The Bertz CT molecular complexity index is 646. The minimum atomic E-state index is 0.0165. The maximum Gasteiger partial charge on any atom is 0.0527 e. The van der Waals surface area contributed by atoms with Gasteiger partial charge in [0.05, 0.1) is 6.54 Å². The van der Waals surface area contributed by atoms with E-state index in [2.05, 4.69) is 73.6 Å². The molecule has 0 N–H and O–H groups in total. The van der Waals surface area contributed by atoms with E-state index in [9.17, 15) is 0 Å². The van der Waals surface area contributed by atoms with Crippen LogP contribution in [0.25, 0.3) is 0 Å². The van der Waals surface area contributed by atoms with Crippen LogP contribution in [0, 0.1) is 0 Å². The van der Waals surface area contributed by atoms with Gasteiger partial charge in [0.2, 0.25) is 0 Å². The van der Waals surface area contributed by atoms with Gasteiger partial charge in [-0.1, -0.05) is 54.6 Å². The lowest BCUT2D eigenvalue weighted by Crippen LogP contribution is -2.35. The molecule has 22 heavy (non-hydrogen) atoms. The monoisotopic (exact) mass is 292 g/mol. The van der Waals surface area contributed by atoms with Crippen LogP contribution >= 0.6 is 0 Å². The molecule has 1 unspecified atom stereocenters. The smallest absolute Gasteiger partial charge is 0.0527 e. The van der Waals surface area contributed by atoms with Gasteiger partial charge in [0.25, 0.3) is 0 Å². The van der Waals surface area contributed by atoms with Gasteiger partial charge in [-0.3, -0.25) is 4.99 Å². The molecule has 0 saturated heterocycles. The summed E-state index contributed by atoms with van der Waals surface area (Å²) < 4.78 is 0. The first-order valence-corrected chi connectivity index (χ1v) is 8.02. The summed E-state index contributed by atoms with van der Waals surface area (Å²) in [5.41, 5.74) is 4.10. The highest BCUT2D eigenvalue weighted by Gasteiger charge is 2.36. The molecule has 2 aromatic rings. The summed E-state index contributed by atoms with van der Waals surface area (Å²) in [7, 11) is 4.28. The second-order valence-corrected chi connectivity index (χ2v) is 6.41. The molecular formula is C20H24N2. The first-order valence-electron chi connectivity index (χ1n) is 8.02. The van der Waals surface area contributed by atoms with E-state index in [1.807, 2.05) is 6.21 Å². The van der Waals surface area contributed by atoms with Gasteiger partial charge in [0, 0.05) is 11.6 Å². The van der Waals surface area contributed by atoms with Gasteiger partial charge in [-0.25, -0.2) is 0 Å². The molecule has 0 fully saturated rings. The van der Waals surface area contributed by atoms with Crippen molar-refractivity contribution >= 4 is 6.21 Å². The summed E-state index contributed by atoms with van der Waals surface area (Å²) >= 11 is 0. The van der Waals surface area contributed by atoms with Crippen molar-refractivity contribution in [1.29, 1.82) is 0 Å². The Labute approximate surface area is 133 Å². The Kier molecular flexibility index (Phi) is 4.39. The number of rotatable bonds is 5. The van der Waals surface area contributed by atoms with Gasteiger partial charge in [0.15, 0.2) is 0 Å². The molecular weight excluding hydrogens is 268 g/mol. The fraction of sp³-hybridized carbons (Fsp3) is 0.350. The second-order valence-electron chi connectivity index (χ2n) is 6.41. The molecule has 0 radical (unpaired) electrons. The highest BCUT2D eigenvalue weighted by atomic mass is 15.0. The van der Waals surface area contributed by atoms with Crippen molar-refractivity contribution in [3.8, 4) is 0 Å². The number of aliphatic imine (C=N–C) groups is 1. The summed E-state index contributed by atoms with van der Waals surface area (Å²) in [6.45, 7) is 1.96. The molecule has 114 valence electrons. The van der Waals surface area contributed by atoms with Gasteiger partial charge in [-0.15, -0.1) is 0 Å². The average Bonchev–Trinajstić information content (AvgIpc) is 2.55. The highest BCUT2D eigenvalue weighted by molar-refractivity contribution is 5.84. The molecule has 3 rings (SSSR count). The van der Waals surface area contributed by atoms with Crippen LogP contribution in [0.2, 0.25) is 0 Å². The third-order valence-electron chi connectivity index (χ3n) is 4.60. The molecule has 2 nitrogen and oxygen atoms in total. The van der Waals surface area contributed by atoms with Crippen LogP contribution in [0.4, 0.5) is 0 Å². The maximum absolute atomic E-state index is 4.71. The van der Waals surface area contributed by atoms with Crippen LogP contribution in [-0.2, 0) is 5.41 Å². The summed E-state index contributed by atoms with van der Waals surface area (Å²) in [4.78, 5) is 6.97. The SMILES string of the molecule is CN(C)CCCC1(c2ccccc2)CN=Cc2ccccc21. The number of fused-ring (bicyclic) bond motifs is 1. The zero-order valence-electron chi connectivity index (χ0n) is 13.5. The van der Waals surface area contributed by atoms with Crippen molar-refractivity contribution in [2.45, 2.75) is 18.3 Å². The Morgan fingerprint density at radius 1 is 1.00 bits per heavy atom. The Hall–Kier alpha value is -1.93. The Balaban J connectivity index is 2.03. The lowest BCUT2D eigenvalue weighted by Gasteiger charge is -2.37. The molecule has 1 aliphatic heterocycles. The Morgan fingerprint density at radius 2 is 1.73 bits per heavy atom. The van der Waals surface area contributed by atoms with E-state index in [4.69, 9.17) is 4.99 Å². The van der Waals surface area contributed by atoms with Crippen molar-refractivity contribution in [2.75, 3.05) is 27.2 Å². The molecule has 2 aromatic carbocycles. The molecule has 0 bridgehead atoms. The van der Waals surface area contributed by atoms with Crippen LogP contribution < -0.4 is 0 Å².